The van der Waals surface area contributed by atoms with E-state index < -0.39 is 0 Å². The number of hydrogen-bond acceptors (Lipinski definition) is 3. The summed E-state index contributed by atoms with van der Waals surface area (Å²) in [6, 6.07) is 6.59. The van der Waals surface area contributed by atoms with E-state index in [9.17, 15) is 9.18 Å². The predicted molar refractivity (Wildman–Crippen MR) is 80.5 cm³/mol. The lowest BCUT2D eigenvalue weighted by Gasteiger charge is -2.23. The van der Waals surface area contributed by atoms with Crippen molar-refractivity contribution in [2.45, 2.75) is 31.7 Å². The van der Waals surface area contributed by atoms with Gasteiger partial charge >= 0.3 is 0 Å². The van der Waals surface area contributed by atoms with Crippen LogP contribution in [0.4, 0.5) is 4.39 Å². The van der Waals surface area contributed by atoms with Crippen LogP contribution < -0.4 is 0 Å². The molecule has 1 amide bonds. The molecule has 0 aliphatic carbocycles. The molecule has 0 spiro atoms. The number of carbonyl (C=O) groups excluding carboxylic acids is 1. The molecule has 110 valence electrons. The summed E-state index contributed by atoms with van der Waals surface area (Å²) < 4.78 is 13.1. The summed E-state index contributed by atoms with van der Waals surface area (Å²) in [5.41, 5.74) is 0.869. The third-order valence-corrected chi connectivity index (χ3v) is 4.70. The Bertz CT molecular complexity index is 614. The van der Waals surface area contributed by atoms with Gasteiger partial charge in [-0.2, -0.15) is 0 Å². The second-order valence-corrected chi connectivity index (χ2v) is 6.17. The molecule has 1 unspecified atom stereocenters. The van der Waals surface area contributed by atoms with Gasteiger partial charge in [-0.05, 0) is 37.0 Å². The van der Waals surface area contributed by atoms with Crippen molar-refractivity contribution in [3.8, 4) is 0 Å². The molecule has 1 aromatic heterocycles. The number of amides is 1. The molecule has 2 aromatic rings. The van der Waals surface area contributed by atoms with Crippen molar-refractivity contribution in [2.75, 3.05) is 6.54 Å². The Hall–Kier alpha value is -1.75. The number of thiazole rings is 1. The van der Waals surface area contributed by atoms with Gasteiger partial charge in [0.2, 0.25) is 5.91 Å². The predicted octanol–water partition coefficient (Wildman–Crippen LogP) is 3.58. The highest BCUT2D eigenvalue weighted by atomic mass is 32.1. The molecule has 0 saturated carbocycles. The maximum absolute atomic E-state index is 13.1. The topological polar surface area (TPSA) is 33.2 Å². The van der Waals surface area contributed by atoms with Crippen molar-refractivity contribution in [3.05, 3.63) is 52.2 Å². The molecule has 1 aliphatic heterocycles. The van der Waals surface area contributed by atoms with Crippen LogP contribution in [0.15, 0.2) is 35.8 Å². The summed E-state index contributed by atoms with van der Waals surface area (Å²) in [6.45, 7) is 0.798. The lowest BCUT2D eigenvalue weighted by molar-refractivity contribution is -0.132. The SMILES string of the molecule is O=C(CCc1cccc(F)c1)N1CCCC1c1nccs1. The first-order valence-electron chi connectivity index (χ1n) is 7.17. The van der Waals surface area contributed by atoms with Gasteiger partial charge in [-0.25, -0.2) is 9.37 Å². The second kappa shape index (κ2) is 6.35. The van der Waals surface area contributed by atoms with Gasteiger partial charge in [0.05, 0.1) is 6.04 Å². The molecule has 1 aromatic carbocycles. The number of aromatic nitrogens is 1. The molecule has 3 rings (SSSR count). The minimum Gasteiger partial charge on any atom is -0.333 e. The average molecular weight is 304 g/mol. The van der Waals surface area contributed by atoms with Gasteiger partial charge in [0.1, 0.15) is 10.8 Å². The lowest BCUT2D eigenvalue weighted by Crippen LogP contribution is -2.30. The molecule has 2 heterocycles. The van der Waals surface area contributed by atoms with Crippen LogP contribution in [0, 0.1) is 5.82 Å². The number of aryl methyl sites for hydroxylation is 1. The summed E-state index contributed by atoms with van der Waals surface area (Å²) in [4.78, 5) is 18.7. The Morgan fingerprint density at radius 1 is 1.48 bits per heavy atom. The summed E-state index contributed by atoms with van der Waals surface area (Å²) in [7, 11) is 0. The van der Waals surface area contributed by atoms with E-state index in [-0.39, 0.29) is 17.8 Å². The normalized spacial score (nSPS) is 18.1. The van der Waals surface area contributed by atoms with Gasteiger partial charge in [0, 0.05) is 24.5 Å². The van der Waals surface area contributed by atoms with E-state index in [1.165, 1.54) is 12.1 Å². The number of benzene rings is 1. The molecule has 0 N–H and O–H groups in total. The monoisotopic (exact) mass is 304 g/mol. The molecule has 1 saturated heterocycles. The zero-order valence-corrected chi connectivity index (χ0v) is 12.5. The number of rotatable bonds is 4. The average Bonchev–Trinajstić information content (AvgIpc) is 3.14. The van der Waals surface area contributed by atoms with Crippen molar-refractivity contribution < 1.29 is 9.18 Å². The highest BCUT2D eigenvalue weighted by Crippen LogP contribution is 2.33. The molecular weight excluding hydrogens is 287 g/mol. The van der Waals surface area contributed by atoms with Crippen molar-refractivity contribution >= 4 is 17.2 Å². The molecule has 21 heavy (non-hydrogen) atoms. The molecule has 1 atom stereocenters. The van der Waals surface area contributed by atoms with Crippen LogP contribution in [0.2, 0.25) is 0 Å². The van der Waals surface area contributed by atoms with Gasteiger partial charge in [-0.15, -0.1) is 11.3 Å². The first-order chi connectivity index (χ1) is 10.2. The van der Waals surface area contributed by atoms with E-state index in [0.29, 0.717) is 12.8 Å². The van der Waals surface area contributed by atoms with Crippen LogP contribution in [0.1, 0.15) is 35.9 Å². The molecule has 0 radical (unpaired) electrons. The second-order valence-electron chi connectivity index (χ2n) is 5.25. The number of carbonyl (C=O) groups is 1. The highest BCUT2D eigenvalue weighted by Gasteiger charge is 2.31. The smallest absolute Gasteiger partial charge is 0.223 e. The van der Waals surface area contributed by atoms with Gasteiger partial charge < -0.3 is 4.90 Å². The number of hydrogen-bond donors (Lipinski definition) is 0. The van der Waals surface area contributed by atoms with Crippen LogP contribution in [-0.2, 0) is 11.2 Å². The van der Waals surface area contributed by atoms with E-state index in [1.54, 1.807) is 23.6 Å². The molecule has 3 nitrogen and oxygen atoms in total. The maximum atomic E-state index is 13.1. The maximum Gasteiger partial charge on any atom is 0.223 e. The molecule has 1 aliphatic rings. The summed E-state index contributed by atoms with van der Waals surface area (Å²) in [5, 5.41) is 2.97. The quantitative estimate of drug-likeness (QED) is 0.865. The van der Waals surface area contributed by atoms with Crippen LogP contribution >= 0.6 is 11.3 Å². The Labute approximate surface area is 127 Å². The standard InChI is InChI=1S/C16H17FN2OS/c17-13-4-1-3-12(11-13)6-7-15(20)19-9-2-5-14(19)16-18-8-10-21-16/h1,3-4,8,10-11,14H,2,5-7,9H2. The lowest BCUT2D eigenvalue weighted by atomic mass is 10.1. The molecular formula is C16H17FN2OS. The fourth-order valence-electron chi connectivity index (χ4n) is 2.81. The minimum absolute atomic E-state index is 0.130. The molecule has 1 fully saturated rings. The van der Waals surface area contributed by atoms with Gasteiger partial charge in [-0.1, -0.05) is 12.1 Å². The third-order valence-electron chi connectivity index (χ3n) is 3.83. The highest BCUT2D eigenvalue weighted by molar-refractivity contribution is 7.09. The third kappa shape index (κ3) is 3.29. The first kappa shape index (κ1) is 14.2. The van der Waals surface area contributed by atoms with Gasteiger partial charge in [0.25, 0.3) is 0 Å². The van der Waals surface area contributed by atoms with E-state index in [1.807, 2.05) is 16.3 Å². The first-order valence-corrected chi connectivity index (χ1v) is 8.05. The fraction of sp³-hybridized carbons (Fsp3) is 0.375. The number of nitrogens with zero attached hydrogens (tertiary/aromatic N) is 2. The van der Waals surface area contributed by atoms with Crippen LogP contribution in [-0.4, -0.2) is 22.3 Å². The van der Waals surface area contributed by atoms with Crippen molar-refractivity contribution in [1.82, 2.24) is 9.88 Å². The summed E-state index contributed by atoms with van der Waals surface area (Å²) in [5.74, 6) is -0.112. The van der Waals surface area contributed by atoms with Crippen LogP contribution in [0.5, 0.6) is 0 Å². The zero-order chi connectivity index (χ0) is 14.7. The minimum atomic E-state index is -0.248. The van der Waals surface area contributed by atoms with Crippen molar-refractivity contribution in [2.24, 2.45) is 0 Å². The van der Waals surface area contributed by atoms with E-state index in [2.05, 4.69) is 4.98 Å². The zero-order valence-electron chi connectivity index (χ0n) is 11.7. The molecule has 0 bridgehead atoms. The summed E-state index contributed by atoms with van der Waals surface area (Å²) >= 11 is 1.60. The molecule has 5 heteroatoms. The number of halogens is 1. The fourth-order valence-corrected chi connectivity index (χ4v) is 3.59. The number of likely N-dealkylation sites (tertiary alicyclic amines) is 1. The van der Waals surface area contributed by atoms with Crippen molar-refractivity contribution in [3.63, 3.8) is 0 Å². The van der Waals surface area contributed by atoms with Crippen LogP contribution in [0.3, 0.4) is 0 Å². The Balaban J connectivity index is 1.62. The van der Waals surface area contributed by atoms with Crippen LogP contribution in [0.25, 0.3) is 0 Å². The van der Waals surface area contributed by atoms with Crippen molar-refractivity contribution in [1.29, 1.82) is 0 Å². The van der Waals surface area contributed by atoms with E-state index >= 15 is 0 Å². The Kier molecular flexibility index (Phi) is 4.29. The van der Waals surface area contributed by atoms with E-state index in [0.717, 1.165) is 30.0 Å². The largest absolute Gasteiger partial charge is 0.333 e. The summed E-state index contributed by atoms with van der Waals surface area (Å²) in [6.07, 6.45) is 4.80. The Morgan fingerprint density at radius 3 is 3.14 bits per heavy atom. The Morgan fingerprint density at radius 2 is 2.38 bits per heavy atom. The van der Waals surface area contributed by atoms with E-state index in [4.69, 9.17) is 0 Å². The van der Waals surface area contributed by atoms with Gasteiger partial charge in [0.15, 0.2) is 0 Å². The van der Waals surface area contributed by atoms with Gasteiger partial charge in [-0.3, -0.25) is 4.79 Å².